The summed E-state index contributed by atoms with van der Waals surface area (Å²) in [6, 6.07) is 15.9. The minimum absolute atomic E-state index is 0.0619. The molecule has 1 atom stereocenters. The molecule has 7 nitrogen and oxygen atoms in total. The van der Waals surface area contributed by atoms with Crippen LogP contribution in [0.5, 0.6) is 5.75 Å². The molecule has 1 aromatic carbocycles. The molecule has 174 valence electrons. The van der Waals surface area contributed by atoms with Crippen molar-refractivity contribution < 1.29 is 9.53 Å². The van der Waals surface area contributed by atoms with Crippen LogP contribution in [0.25, 0.3) is 21.1 Å². The molecule has 4 aromatic rings. The van der Waals surface area contributed by atoms with E-state index < -0.39 is 0 Å². The normalized spacial score (nSPS) is 15.8. The Balaban J connectivity index is 1.16. The Kier molecular flexibility index (Phi) is 6.82. The van der Waals surface area contributed by atoms with Gasteiger partial charge in [-0.15, -0.1) is 32.9 Å². The van der Waals surface area contributed by atoms with Crippen LogP contribution in [0.3, 0.4) is 0 Å². The third-order valence-electron chi connectivity index (χ3n) is 5.87. The van der Waals surface area contributed by atoms with Gasteiger partial charge in [0.2, 0.25) is 5.91 Å². The van der Waals surface area contributed by atoms with Crippen LogP contribution in [-0.4, -0.2) is 41.3 Å². The minimum Gasteiger partial charge on any atom is -0.497 e. The number of benzene rings is 1. The van der Waals surface area contributed by atoms with E-state index in [1.54, 1.807) is 29.8 Å². The summed E-state index contributed by atoms with van der Waals surface area (Å²) in [6.07, 6.45) is 1.82. The number of thiazole rings is 1. The minimum atomic E-state index is -0.0767. The second-order valence-electron chi connectivity index (χ2n) is 8.13. The molecular weight excluding hydrogens is 466 g/mol. The van der Waals surface area contributed by atoms with Crippen LogP contribution in [0.2, 0.25) is 0 Å². The van der Waals surface area contributed by atoms with E-state index in [-0.39, 0.29) is 11.8 Å². The average Bonchev–Trinajstić information content (AvgIpc) is 3.60. The lowest BCUT2D eigenvalue weighted by atomic mass is 9.97. The molecule has 1 amide bonds. The molecule has 9 heteroatoms. The van der Waals surface area contributed by atoms with Crippen LogP contribution in [0.4, 0.5) is 5.82 Å². The zero-order valence-corrected chi connectivity index (χ0v) is 20.4. The summed E-state index contributed by atoms with van der Waals surface area (Å²) in [5.41, 5.74) is 2.78. The molecule has 34 heavy (non-hydrogen) atoms. The molecule has 5 rings (SSSR count). The number of thiophene rings is 1. The number of hydrogen-bond acceptors (Lipinski definition) is 8. The van der Waals surface area contributed by atoms with Crippen molar-refractivity contribution in [2.45, 2.75) is 19.4 Å². The van der Waals surface area contributed by atoms with Crippen molar-refractivity contribution in [3.63, 3.8) is 0 Å². The maximum absolute atomic E-state index is 12.9. The number of nitrogens with zero attached hydrogens (tertiary/aromatic N) is 4. The van der Waals surface area contributed by atoms with Crippen molar-refractivity contribution >= 4 is 34.4 Å². The van der Waals surface area contributed by atoms with E-state index in [0.29, 0.717) is 13.1 Å². The molecule has 0 radical (unpaired) electrons. The van der Waals surface area contributed by atoms with Gasteiger partial charge in [0, 0.05) is 24.0 Å². The van der Waals surface area contributed by atoms with E-state index in [2.05, 4.69) is 25.4 Å². The van der Waals surface area contributed by atoms with Crippen molar-refractivity contribution in [2.24, 2.45) is 5.92 Å². The Labute approximate surface area is 206 Å². The Bertz CT molecular complexity index is 1220. The Morgan fingerprint density at radius 3 is 2.76 bits per heavy atom. The predicted octanol–water partition coefficient (Wildman–Crippen LogP) is 4.87. The van der Waals surface area contributed by atoms with E-state index in [0.717, 1.165) is 57.8 Å². The number of piperidine rings is 1. The smallest absolute Gasteiger partial charge is 0.225 e. The highest BCUT2D eigenvalue weighted by molar-refractivity contribution is 7.13. The summed E-state index contributed by atoms with van der Waals surface area (Å²) in [4.78, 5) is 20.8. The van der Waals surface area contributed by atoms with Crippen molar-refractivity contribution in [3.05, 3.63) is 65.0 Å². The van der Waals surface area contributed by atoms with E-state index >= 15 is 0 Å². The van der Waals surface area contributed by atoms with Gasteiger partial charge in [-0.2, -0.15) is 0 Å². The molecule has 1 fully saturated rings. The first-order valence-corrected chi connectivity index (χ1v) is 12.9. The lowest BCUT2D eigenvalue weighted by Gasteiger charge is -2.32. The number of amides is 1. The fourth-order valence-electron chi connectivity index (χ4n) is 4.03. The van der Waals surface area contributed by atoms with Gasteiger partial charge in [0.05, 0.1) is 30.1 Å². The molecule has 1 aliphatic heterocycles. The molecule has 1 aliphatic rings. The van der Waals surface area contributed by atoms with Crippen LogP contribution in [-0.2, 0) is 11.3 Å². The van der Waals surface area contributed by atoms with Gasteiger partial charge in [-0.3, -0.25) is 4.79 Å². The van der Waals surface area contributed by atoms with Crippen molar-refractivity contribution in [2.75, 3.05) is 25.1 Å². The zero-order valence-electron chi connectivity index (χ0n) is 18.8. The predicted molar refractivity (Wildman–Crippen MR) is 136 cm³/mol. The van der Waals surface area contributed by atoms with E-state index in [9.17, 15) is 4.79 Å². The van der Waals surface area contributed by atoms with Gasteiger partial charge in [-0.05, 0) is 60.7 Å². The molecule has 0 saturated carbocycles. The maximum Gasteiger partial charge on any atom is 0.225 e. The number of carbonyl (C=O) groups excluding carboxylic acids is 1. The molecule has 0 bridgehead atoms. The van der Waals surface area contributed by atoms with Crippen LogP contribution >= 0.6 is 22.7 Å². The third-order valence-corrected chi connectivity index (χ3v) is 7.71. The first-order chi connectivity index (χ1) is 16.7. The first-order valence-electron chi connectivity index (χ1n) is 11.2. The number of rotatable bonds is 7. The molecule has 3 aromatic heterocycles. The second-order valence-corrected chi connectivity index (χ2v) is 9.94. The fraction of sp³-hybridized carbons (Fsp3) is 0.280. The highest BCUT2D eigenvalue weighted by Crippen LogP contribution is 2.27. The fourth-order valence-corrected chi connectivity index (χ4v) is 5.54. The van der Waals surface area contributed by atoms with Crippen LogP contribution in [0.1, 0.15) is 18.5 Å². The highest BCUT2D eigenvalue weighted by atomic mass is 32.1. The number of aromatic nitrogens is 3. The Morgan fingerprint density at radius 2 is 2.03 bits per heavy atom. The summed E-state index contributed by atoms with van der Waals surface area (Å²) in [5.74, 6) is 1.62. The van der Waals surface area contributed by atoms with E-state index in [1.807, 2.05) is 59.3 Å². The summed E-state index contributed by atoms with van der Waals surface area (Å²) in [6.45, 7) is 1.96. The van der Waals surface area contributed by atoms with Crippen molar-refractivity contribution in [1.29, 1.82) is 0 Å². The SMILES string of the molecule is COc1ccc(-c2nc(CNC(=O)[C@H]3CCCN(c4ccc(-c5cccs5)nn4)C3)cs2)cc1. The number of anilines is 1. The molecule has 0 aliphatic carbocycles. The maximum atomic E-state index is 12.9. The van der Waals surface area contributed by atoms with Gasteiger partial charge in [0.15, 0.2) is 5.82 Å². The largest absolute Gasteiger partial charge is 0.497 e. The molecule has 0 unspecified atom stereocenters. The number of methoxy groups -OCH3 is 1. The summed E-state index contributed by atoms with van der Waals surface area (Å²) in [7, 11) is 1.65. The van der Waals surface area contributed by atoms with Gasteiger partial charge >= 0.3 is 0 Å². The quantitative estimate of drug-likeness (QED) is 0.397. The van der Waals surface area contributed by atoms with Crippen LogP contribution < -0.4 is 15.0 Å². The Hall–Kier alpha value is -3.30. The zero-order chi connectivity index (χ0) is 23.3. The van der Waals surface area contributed by atoms with Gasteiger partial charge in [0.1, 0.15) is 16.5 Å². The second kappa shape index (κ2) is 10.3. The first kappa shape index (κ1) is 22.5. The van der Waals surface area contributed by atoms with Gasteiger partial charge in [-0.25, -0.2) is 4.98 Å². The number of nitrogens with one attached hydrogen (secondary N) is 1. The topological polar surface area (TPSA) is 80.2 Å². The molecule has 1 N–H and O–H groups in total. The highest BCUT2D eigenvalue weighted by Gasteiger charge is 2.26. The molecular formula is C25H25N5O2S2. The summed E-state index contributed by atoms with van der Waals surface area (Å²) in [5, 5.41) is 16.8. The van der Waals surface area contributed by atoms with Gasteiger partial charge < -0.3 is 15.0 Å². The summed E-state index contributed by atoms with van der Waals surface area (Å²) >= 11 is 3.22. The van der Waals surface area contributed by atoms with E-state index in [4.69, 9.17) is 4.74 Å². The standard InChI is InChI=1S/C25H25N5O2S2/c1-32-20-8-6-17(7-9-20)25-27-19(16-34-25)14-26-24(31)18-4-2-12-30(15-18)23-11-10-21(28-29-23)22-5-3-13-33-22/h3,5-11,13,16,18H,2,4,12,14-15H2,1H3,(H,26,31)/t18-/m0/s1. The number of hydrogen-bond donors (Lipinski definition) is 1. The number of ether oxygens (including phenoxy) is 1. The molecule has 1 saturated heterocycles. The van der Waals surface area contributed by atoms with Gasteiger partial charge in [-0.1, -0.05) is 6.07 Å². The lowest BCUT2D eigenvalue weighted by Crippen LogP contribution is -2.43. The lowest BCUT2D eigenvalue weighted by molar-refractivity contribution is -0.125. The van der Waals surface area contributed by atoms with Gasteiger partial charge in [0.25, 0.3) is 0 Å². The van der Waals surface area contributed by atoms with Crippen molar-refractivity contribution in [3.8, 4) is 26.9 Å². The number of carbonyl (C=O) groups is 1. The Morgan fingerprint density at radius 1 is 1.15 bits per heavy atom. The van der Waals surface area contributed by atoms with Crippen molar-refractivity contribution in [1.82, 2.24) is 20.5 Å². The monoisotopic (exact) mass is 491 g/mol. The van der Waals surface area contributed by atoms with Crippen LogP contribution in [0, 0.1) is 5.92 Å². The molecule has 4 heterocycles. The van der Waals surface area contributed by atoms with E-state index in [1.165, 1.54) is 0 Å². The van der Waals surface area contributed by atoms with Crippen LogP contribution in [0.15, 0.2) is 59.3 Å². The molecule has 0 spiro atoms. The third kappa shape index (κ3) is 5.10. The average molecular weight is 492 g/mol. The summed E-state index contributed by atoms with van der Waals surface area (Å²) < 4.78 is 5.21.